The van der Waals surface area contributed by atoms with Crippen molar-refractivity contribution in [3.8, 4) is 5.75 Å². The first kappa shape index (κ1) is 12.6. The van der Waals surface area contributed by atoms with Crippen molar-refractivity contribution in [1.29, 1.82) is 0 Å². The van der Waals surface area contributed by atoms with E-state index in [9.17, 15) is 4.79 Å². The van der Waals surface area contributed by atoms with Gasteiger partial charge in [0.25, 0.3) is 0 Å². The van der Waals surface area contributed by atoms with Gasteiger partial charge in [0.15, 0.2) is 0 Å². The van der Waals surface area contributed by atoms with Gasteiger partial charge in [-0.25, -0.2) is 4.79 Å². The number of halogens is 1. The number of hydrogen-bond donors (Lipinski definition) is 1. The average molecular weight is 307 g/mol. The molecule has 0 bridgehead atoms. The van der Waals surface area contributed by atoms with E-state index in [1.165, 1.54) is 0 Å². The molecule has 0 saturated carbocycles. The van der Waals surface area contributed by atoms with Crippen molar-refractivity contribution in [2.24, 2.45) is 0 Å². The van der Waals surface area contributed by atoms with Gasteiger partial charge in [-0.1, -0.05) is 36.9 Å². The predicted octanol–water partition coefficient (Wildman–Crippen LogP) is 3.62. The van der Waals surface area contributed by atoms with E-state index >= 15 is 0 Å². The third-order valence-electron chi connectivity index (χ3n) is 2.53. The Labute approximate surface area is 113 Å². The van der Waals surface area contributed by atoms with Crippen molar-refractivity contribution in [2.45, 2.75) is 0 Å². The second-order valence-corrected chi connectivity index (χ2v) is 4.59. The minimum atomic E-state index is -1.05. The van der Waals surface area contributed by atoms with Gasteiger partial charge in [0.2, 0.25) is 0 Å². The summed E-state index contributed by atoms with van der Waals surface area (Å²) in [4.78, 5) is 10.6. The molecule has 2 aromatic rings. The molecule has 0 radical (unpaired) electrons. The first-order chi connectivity index (χ1) is 8.59. The summed E-state index contributed by atoms with van der Waals surface area (Å²) in [6.07, 6.45) is 0. The fraction of sp³-hybridized carbons (Fsp3) is 0.0714. The third-order valence-corrected chi connectivity index (χ3v) is 3.35. The smallest absolute Gasteiger partial charge is 0.334 e. The number of carboxylic acid groups (broad SMARTS) is 1. The summed E-state index contributed by atoms with van der Waals surface area (Å²) in [7, 11) is 0. The lowest BCUT2D eigenvalue weighted by atomic mass is 10.1. The molecule has 92 valence electrons. The number of ether oxygens (including phenoxy) is 1. The Morgan fingerprint density at radius 2 is 2.00 bits per heavy atom. The monoisotopic (exact) mass is 306 g/mol. The first-order valence-electron chi connectivity index (χ1n) is 5.30. The highest BCUT2D eigenvalue weighted by Crippen LogP contribution is 2.33. The molecule has 3 nitrogen and oxygen atoms in total. The van der Waals surface area contributed by atoms with E-state index in [4.69, 9.17) is 9.84 Å². The highest BCUT2D eigenvalue weighted by Gasteiger charge is 2.09. The van der Waals surface area contributed by atoms with Gasteiger partial charge in [-0.3, -0.25) is 0 Å². The lowest BCUT2D eigenvalue weighted by Gasteiger charge is -2.10. The summed E-state index contributed by atoms with van der Waals surface area (Å²) in [5, 5.41) is 10.8. The van der Waals surface area contributed by atoms with Crippen molar-refractivity contribution in [3.05, 3.63) is 53.0 Å². The fourth-order valence-electron chi connectivity index (χ4n) is 1.55. The van der Waals surface area contributed by atoms with Gasteiger partial charge in [-0.05, 0) is 32.8 Å². The second-order valence-electron chi connectivity index (χ2n) is 3.80. The Morgan fingerprint density at radius 3 is 2.72 bits per heavy atom. The standard InChI is InChI=1S/C14H11BrO3/c1-9(14(16)17)8-18-12-7-6-10-4-2-3-5-11(10)13(12)15/h2-7H,1,8H2,(H,16,17). The second kappa shape index (κ2) is 5.23. The maximum Gasteiger partial charge on any atom is 0.334 e. The van der Waals surface area contributed by atoms with Crippen LogP contribution >= 0.6 is 15.9 Å². The molecule has 1 N–H and O–H groups in total. The van der Waals surface area contributed by atoms with Crippen LogP contribution in [0.2, 0.25) is 0 Å². The highest BCUT2D eigenvalue weighted by atomic mass is 79.9. The number of benzene rings is 2. The highest BCUT2D eigenvalue weighted by molar-refractivity contribution is 9.10. The topological polar surface area (TPSA) is 46.5 Å². The number of fused-ring (bicyclic) bond motifs is 1. The van der Waals surface area contributed by atoms with Crippen LogP contribution in [0.3, 0.4) is 0 Å². The van der Waals surface area contributed by atoms with Crippen molar-refractivity contribution in [1.82, 2.24) is 0 Å². The maximum absolute atomic E-state index is 10.6. The van der Waals surface area contributed by atoms with Crippen LogP contribution in [0.5, 0.6) is 5.75 Å². The molecule has 0 aliphatic heterocycles. The number of hydrogen-bond acceptors (Lipinski definition) is 2. The van der Waals surface area contributed by atoms with E-state index in [0.29, 0.717) is 5.75 Å². The van der Waals surface area contributed by atoms with Crippen molar-refractivity contribution in [3.63, 3.8) is 0 Å². The number of carboxylic acids is 1. The van der Waals surface area contributed by atoms with Crippen molar-refractivity contribution < 1.29 is 14.6 Å². The molecule has 0 unspecified atom stereocenters. The van der Waals surface area contributed by atoms with E-state index in [2.05, 4.69) is 22.5 Å². The summed E-state index contributed by atoms with van der Waals surface area (Å²) < 4.78 is 6.26. The Morgan fingerprint density at radius 1 is 1.28 bits per heavy atom. The molecule has 2 aromatic carbocycles. The van der Waals surface area contributed by atoms with Crippen LogP contribution < -0.4 is 4.74 Å². The summed E-state index contributed by atoms with van der Waals surface area (Å²) >= 11 is 3.47. The molecule has 0 heterocycles. The molecule has 2 rings (SSSR count). The number of carbonyl (C=O) groups is 1. The van der Waals surface area contributed by atoms with E-state index in [1.807, 2.05) is 36.4 Å². The summed E-state index contributed by atoms with van der Waals surface area (Å²) in [5.74, 6) is -0.442. The first-order valence-corrected chi connectivity index (χ1v) is 6.10. The van der Waals surface area contributed by atoms with Crippen LogP contribution in [-0.2, 0) is 4.79 Å². The van der Waals surface area contributed by atoms with Gasteiger partial charge in [0.1, 0.15) is 12.4 Å². The normalized spacial score (nSPS) is 10.3. The van der Waals surface area contributed by atoms with Gasteiger partial charge in [-0.15, -0.1) is 0 Å². The third kappa shape index (κ3) is 2.54. The average Bonchev–Trinajstić information content (AvgIpc) is 2.38. The van der Waals surface area contributed by atoms with E-state index in [1.54, 1.807) is 0 Å². The van der Waals surface area contributed by atoms with Crippen LogP contribution in [0.1, 0.15) is 0 Å². The molecular formula is C14H11BrO3. The Balaban J connectivity index is 2.27. The van der Waals surface area contributed by atoms with Gasteiger partial charge >= 0.3 is 5.97 Å². The number of rotatable bonds is 4. The van der Waals surface area contributed by atoms with E-state index in [0.717, 1.165) is 15.2 Å². The van der Waals surface area contributed by atoms with Gasteiger partial charge in [0.05, 0.1) is 10.0 Å². The molecule has 0 saturated heterocycles. The lowest BCUT2D eigenvalue weighted by molar-refractivity contribution is -0.133. The molecular weight excluding hydrogens is 296 g/mol. The minimum absolute atomic E-state index is 0.0232. The fourth-order valence-corrected chi connectivity index (χ4v) is 2.16. The molecule has 0 amide bonds. The molecule has 18 heavy (non-hydrogen) atoms. The Kier molecular flexibility index (Phi) is 3.67. The molecule has 0 aliphatic carbocycles. The number of aliphatic carboxylic acids is 1. The predicted molar refractivity (Wildman–Crippen MR) is 73.9 cm³/mol. The molecule has 0 atom stereocenters. The van der Waals surface area contributed by atoms with Gasteiger partial charge in [-0.2, -0.15) is 0 Å². The largest absolute Gasteiger partial charge is 0.487 e. The Bertz CT molecular complexity index is 619. The summed E-state index contributed by atoms with van der Waals surface area (Å²) in [6.45, 7) is 3.39. The van der Waals surface area contributed by atoms with Crippen LogP contribution in [0, 0.1) is 0 Å². The van der Waals surface area contributed by atoms with Gasteiger partial charge in [0, 0.05) is 0 Å². The van der Waals surface area contributed by atoms with Crippen molar-refractivity contribution in [2.75, 3.05) is 6.61 Å². The summed E-state index contributed by atoms with van der Waals surface area (Å²) in [6, 6.07) is 11.6. The van der Waals surface area contributed by atoms with Crippen LogP contribution in [-0.4, -0.2) is 17.7 Å². The molecule has 0 spiro atoms. The van der Waals surface area contributed by atoms with Gasteiger partial charge < -0.3 is 9.84 Å². The van der Waals surface area contributed by atoms with Crippen LogP contribution in [0.25, 0.3) is 10.8 Å². The lowest BCUT2D eigenvalue weighted by Crippen LogP contribution is -2.09. The minimum Gasteiger partial charge on any atom is -0.487 e. The van der Waals surface area contributed by atoms with E-state index in [-0.39, 0.29) is 12.2 Å². The van der Waals surface area contributed by atoms with Crippen LogP contribution in [0.4, 0.5) is 0 Å². The SMILES string of the molecule is C=C(COc1ccc2ccccc2c1Br)C(=O)O. The molecule has 0 aromatic heterocycles. The van der Waals surface area contributed by atoms with Crippen molar-refractivity contribution >= 4 is 32.7 Å². The summed E-state index contributed by atoms with van der Waals surface area (Å²) in [5.41, 5.74) is 0.0232. The Hall–Kier alpha value is -1.81. The molecule has 0 fully saturated rings. The zero-order valence-corrected chi connectivity index (χ0v) is 11.1. The van der Waals surface area contributed by atoms with Crippen LogP contribution in [0.15, 0.2) is 53.0 Å². The molecule has 0 aliphatic rings. The molecule has 4 heteroatoms. The zero-order chi connectivity index (χ0) is 13.1. The van der Waals surface area contributed by atoms with E-state index < -0.39 is 5.97 Å². The quantitative estimate of drug-likeness (QED) is 0.878. The zero-order valence-electron chi connectivity index (χ0n) is 9.52. The maximum atomic E-state index is 10.6.